The van der Waals surface area contributed by atoms with E-state index < -0.39 is 0 Å². The van der Waals surface area contributed by atoms with E-state index in [1.54, 1.807) is 22.7 Å². The maximum absolute atomic E-state index is 13.2. The Morgan fingerprint density at radius 1 is 1.00 bits per heavy atom. The van der Waals surface area contributed by atoms with Crippen molar-refractivity contribution < 1.29 is 19.1 Å². The van der Waals surface area contributed by atoms with Crippen LogP contribution in [0.1, 0.15) is 29.3 Å². The predicted octanol–water partition coefficient (Wildman–Crippen LogP) is 5.16. The van der Waals surface area contributed by atoms with Gasteiger partial charge in [0.25, 0.3) is 5.91 Å². The molecular formula is C26H24N2O4S. The van der Waals surface area contributed by atoms with Crippen LogP contribution in [0.4, 0.5) is 11.4 Å². The zero-order chi connectivity index (χ0) is 22.8. The van der Waals surface area contributed by atoms with Crippen LogP contribution in [-0.4, -0.2) is 31.6 Å². The number of anilines is 2. The molecule has 7 heteroatoms. The minimum Gasteiger partial charge on any atom is -0.486 e. The van der Waals surface area contributed by atoms with Gasteiger partial charge in [0, 0.05) is 46.1 Å². The Labute approximate surface area is 196 Å². The molecule has 0 bridgehead atoms. The first kappa shape index (κ1) is 21.4. The molecule has 3 aromatic rings. The fraction of sp³-hybridized carbons (Fsp3) is 0.231. The number of ether oxygens (including phenoxy) is 2. The molecule has 168 valence electrons. The highest BCUT2D eigenvalue weighted by Gasteiger charge is 2.25. The van der Waals surface area contributed by atoms with E-state index in [-0.39, 0.29) is 11.8 Å². The number of carbonyl (C=O) groups excluding carboxylic acids is 2. The molecule has 0 fully saturated rings. The number of rotatable bonds is 5. The molecule has 3 aromatic carbocycles. The maximum Gasteiger partial charge on any atom is 0.255 e. The lowest BCUT2D eigenvalue weighted by molar-refractivity contribution is -0.118. The number of hydrogen-bond donors (Lipinski definition) is 1. The largest absolute Gasteiger partial charge is 0.486 e. The van der Waals surface area contributed by atoms with E-state index in [2.05, 4.69) is 5.32 Å². The minimum absolute atomic E-state index is 0.102. The van der Waals surface area contributed by atoms with Gasteiger partial charge in [-0.1, -0.05) is 36.9 Å². The van der Waals surface area contributed by atoms with Crippen molar-refractivity contribution in [2.75, 3.05) is 30.0 Å². The normalized spacial score (nSPS) is 14.0. The fourth-order valence-electron chi connectivity index (χ4n) is 4.06. The summed E-state index contributed by atoms with van der Waals surface area (Å²) in [5.74, 6) is 1.20. The molecule has 1 N–H and O–H groups in total. The SMILES string of the molecule is CCC(=O)N1CCc2cc(C(=O)Nc3cc4c(cc3Sc3ccccc3)OCCO4)ccc21. The number of fused-ring (bicyclic) bond motifs is 2. The van der Waals surface area contributed by atoms with Gasteiger partial charge in [0.05, 0.1) is 5.69 Å². The maximum atomic E-state index is 13.2. The Morgan fingerprint density at radius 2 is 1.76 bits per heavy atom. The number of benzene rings is 3. The van der Waals surface area contributed by atoms with Crippen molar-refractivity contribution in [1.29, 1.82) is 0 Å². The molecule has 0 aromatic heterocycles. The average molecular weight is 461 g/mol. The molecule has 0 radical (unpaired) electrons. The van der Waals surface area contributed by atoms with Crippen LogP contribution in [0, 0.1) is 0 Å². The van der Waals surface area contributed by atoms with E-state index in [9.17, 15) is 9.59 Å². The van der Waals surface area contributed by atoms with Crippen LogP contribution in [0.2, 0.25) is 0 Å². The Hall–Kier alpha value is -3.45. The summed E-state index contributed by atoms with van der Waals surface area (Å²) in [5.41, 5.74) is 3.15. The first-order chi connectivity index (χ1) is 16.1. The summed E-state index contributed by atoms with van der Waals surface area (Å²) < 4.78 is 11.5. The third-order valence-electron chi connectivity index (χ3n) is 5.70. The highest BCUT2D eigenvalue weighted by Crippen LogP contribution is 2.42. The summed E-state index contributed by atoms with van der Waals surface area (Å²) in [6, 6.07) is 19.3. The average Bonchev–Trinajstić information content (AvgIpc) is 3.28. The summed E-state index contributed by atoms with van der Waals surface area (Å²) in [6.07, 6.45) is 1.22. The van der Waals surface area contributed by atoms with Gasteiger partial charge in [-0.3, -0.25) is 9.59 Å². The van der Waals surface area contributed by atoms with Crippen molar-refractivity contribution in [2.24, 2.45) is 0 Å². The van der Waals surface area contributed by atoms with Crippen LogP contribution in [-0.2, 0) is 11.2 Å². The molecule has 6 nitrogen and oxygen atoms in total. The second kappa shape index (κ2) is 9.19. The summed E-state index contributed by atoms with van der Waals surface area (Å²) in [5, 5.41) is 3.06. The van der Waals surface area contributed by atoms with Gasteiger partial charge in [0.2, 0.25) is 5.91 Å². The fourth-order valence-corrected chi connectivity index (χ4v) is 4.99. The molecule has 33 heavy (non-hydrogen) atoms. The van der Waals surface area contributed by atoms with E-state index in [1.165, 1.54) is 0 Å². The van der Waals surface area contributed by atoms with Crippen molar-refractivity contribution in [3.05, 3.63) is 71.8 Å². The van der Waals surface area contributed by atoms with Crippen molar-refractivity contribution in [1.82, 2.24) is 0 Å². The van der Waals surface area contributed by atoms with Crippen LogP contribution < -0.4 is 19.7 Å². The molecule has 5 rings (SSSR count). The van der Waals surface area contributed by atoms with Crippen LogP contribution in [0.25, 0.3) is 0 Å². The van der Waals surface area contributed by atoms with Gasteiger partial charge in [-0.2, -0.15) is 0 Å². The van der Waals surface area contributed by atoms with E-state index in [0.717, 1.165) is 27.5 Å². The molecule has 0 unspecified atom stereocenters. The van der Waals surface area contributed by atoms with Gasteiger partial charge in [0.15, 0.2) is 11.5 Å². The standard InChI is InChI=1S/C26H24N2O4S/c1-2-25(29)28-11-10-17-14-18(8-9-21(17)28)26(30)27-20-15-22-23(32-13-12-31-22)16-24(20)33-19-6-4-3-5-7-19/h3-9,14-16H,2,10-13H2,1H3,(H,27,30). The highest BCUT2D eigenvalue weighted by molar-refractivity contribution is 7.99. The Balaban J connectivity index is 1.42. The monoisotopic (exact) mass is 460 g/mol. The highest BCUT2D eigenvalue weighted by atomic mass is 32.2. The lowest BCUT2D eigenvalue weighted by Gasteiger charge is -2.21. The number of nitrogens with one attached hydrogen (secondary N) is 1. The molecule has 0 spiro atoms. The van der Waals surface area contributed by atoms with Crippen molar-refractivity contribution in [3.63, 3.8) is 0 Å². The molecule has 0 saturated heterocycles. The zero-order valence-corrected chi connectivity index (χ0v) is 19.1. The molecule has 0 atom stereocenters. The second-order valence-electron chi connectivity index (χ2n) is 7.85. The molecule has 0 aliphatic carbocycles. The van der Waals surface area contributed by atoms with Crippen molar-refractivity contribution >= 4 is 35.0 Å². The Kier molecular flexibility index (Phi) is 5.96. The summed E-state index contributed by atoms with van der Waals surface area (Å²) >= 11 is 1.56. The van der Waals surface area contributed by atoms with Gasteiger partial charge in [-0.25, -0.2) is 0 Å². The first-order valence-electron chi connectivity index (χ1n) is 11.0. The van der Waals surface area contributed by atoms with Crippen molar-refractivity contribution in [2.45, 2.75) is 29.6 Å². The molecule has 2 heterocycles. The van der Waals surface area contributed by atoms with Crippen LogP contribution in [0.5, 0.6) is 11.5 Å². The lowest BCUT2D eigenvalue weighted by Crippen LogP contribution is -2.27. The number of amides is 2. The number of carbonyl (C=O) groups is 2. The Bertz CT molecular complexity index is 1210. The smallest absolute Gasteiger partial charge is 0.255 e. The quantitative estimate of drug-likeness (QED) is 0.570. The van der Waals surface area contributed by atoms with Crippen LogP contribution in [0.15, 0.2) is 70.5 Å². The summed E-state index contributed by atoms with van der Waals surface area (Å²) in [4.78, 5) is 29.1. The van der Waals surface area contributed by atoms with Gasteiger partial charge >= 0.3 is 0 Å². The Morgan fingerprint density at radius 3 is 2.52 bits per heavy atom. The molecular weight excluding hydrogens is 436 g/mol. The number of nitrogens with zero attached hydrogens (tertiary/aromatic N) is 1. The first-order valence-corrected chi connectivity index (χ1v) is 11.8. The zero-order valence-electron chi connectivity index (χ0n) is 18.3. The topological polar surface area (TPSA) is 67.9 Å². The van der Waals surface area contributed by atoms with E-state index in [1.807, 2.05) is 61.5 Å². The second-order valence-corrected chi connectivity index (χ2v) is 8.97. The van der Waals surface area contributed by atoms with Crippen molar-refractivity contribution in [3.8, 4) is 11.5 Å². The third kappa shape index (κ3) is 4.41. The van der Waals surface area contributed by atoms with Gasteiger partial charge in [0.1, 0.15) is 13.2 Å². The summed E-state index contributed by atoms with van der Waals surface area (Å²) in [6.45, 7) is 3.50. The summed E-state index contributed by atoms with van der Waals surface area (Å²) in [7, 11) is 0. The number of hydrogen-bond acceptors (Lipinski definition) is 5. The molecule has 2 aliphatic heterocycles. The lowest BCUT2D eigenvalue weighted by atomic mass is 10.1. The predicted molar refractivity (Wildman–Crippen MR) is 129 cm³/mol. The van der Waals surface area contributed by atoms with E-state index in [0.29, 0.717) is 48.9 Å². The van der Waals surface area contributed by atoms with Gasteiger partial charge in [-0.05, 0) is 42.3 Å². The van der Waals surface area contributed by atoms with Crippen LogP contribution in [0.3, 0.4) is 0 Å². The molecule has 2 amide bonds. The minimum atomic E-state index is -0.204. The third-order valence-corrected chi connectivity index (χ3v) is 6.77. The van der Waals surface area contributed by atoms with Crippen LogP contribution >= 0.6 is 11.8 Å². The van der Waals surface area contributed by atoms with E-state index in [4.69, 9.17) is 9.47 Å². The van der Waals surface area contributed by atoms with Gasteiger partial charge < -0.3 is 19.7 Å². The molecule has 0 saturated carbocycles. The van der Waals surface area contributed by atoms with Gasteiger partial charge in [-0.15, -0.1) is 0 Å². The molecule has 2 aliphatic rings. The van der Waals surface area contributed by atoms with E-state index >= 15 is 0 Å².